The van der Waals surface area contributed by atoms with E-state index < -0.39 is 5.60 Å². The molecule has 0 spiro atoms. The van der Waals surface area contributed by atoms with Crippen LogP contribution in [-0.4, -0.2) is 41.8 Å². The molecule has 18 heavy (non-hydrogen) atoms. The molecule has 0 aliphatic carbocycles. The van der Waals surface area contributed by atoms with Crippen LogP contribution in [0.25, 0.3) is 0 Å². The number of carbonyl (C=O) groups excluding carboxylic acids is 1. The first-order valence-electron chi connectivity index (χ1n) is 6.99. The molecule has 1 N–H and O–H groups in total. The van der Waals surface area contributed by atoms with Crippen LogP contribution in [0.5, 0.6) is 0 Å². The standard InChI is InChI=1S/C14H28N2O2/c1-6-9-15-14(5)7-10-16(11-8-14)12(17)18-13(2,3)4/h15H,6-11H2,1-5H3. The number of likely N-dealkylation sites (tertiary alicyclic amines) is 1. The van der Waals surface area contributed by atoms with Crippen LogP contribution in [-0.2, 0) is 4.74 Å². The van der Waals surface area contributed by atoms with E-state index in [2.05, 4.69) is 19.2 Å². The summed E-state index contributed by atoms with van der Waals surface area (Å²) in [7, 11) is 0. The highest BCUT2D eigenvalue weighted by Crippen LogP contribution is 2.23. The van der Waals surface area contributed by atoms with Gasteiger partial charge in [-0.05, 0) is 53.5 Å². The van der Waals surface area contributed by atoms with Crippen molar-refractivity contribution in [3.63, 3.8) is 0 Å². The Morgan fingerprint density at radius 2 is 1.89 bits per heavy atom. The van der Waals surface area contributed by atoms with Gasteiger partial charge < -0.3 is 15.0 Å². The number of hydrogen-bond donors (Lipinski definition) is 1. The van der Waals surface area contributed by atoms with E-state index in [9.17, 15) is 4.79 Å². The summed E-state index contributed by atoms with van der Waals surface area (Å²) < 4.78 is 5.39. The second-order valence-electron chi connectivity index (χ2n) is 6.45. The first kappa shape index (κ1) is 15.3. The Morgan fingerprint density at radius 3 is 2.33 bits per heavy atom. The molecule has 0 aromatic heterocycles. The Kier molecular flexibility index (Phi) is 5.02. The number of carbonyl (C=O) groups is 1. The van der Waals surface area contributed by atoms with Gasteiger partial charge in [-0.15, -0.1) is 0 Å². The molecular formula is C14H28N2O2. The van der Waals surface area contributed by atoms with E-state index in [1.807, 2.05) is 25.7 Å². The van der Waals surface area contributed by atoms with E-state index in [1.54, 1.807) is 0 Å². The summed E-state index contributed by atoms with van der Waals surface area (Å²) in [4.78, 5) is 13.7. The largest absolute Gasteiger partial charge is 0.444 e. The molecule has 0 saturated carbocycles. The topological polar surface area (TPSA) is 41.6 Å². The maximum absolute atomic E-state index is 11.9. The van der Waals surface area contributed by atoms with Crippen molar-refractivity contribution in [1.29, 1.82) is 0 Å². The van der Waals surface area contributed by atoms with Crippen molar-refractivity contribution in [3.8, 4) is 0 Å². The molecule has 1 rings (SSSR count). The van der Waals surface area contributed by atoms with E-state index in [-0.39, 0.29) is 11.6 Å². The van der Waals surface area contributed by atoms with Crippen LogP contribution in [0.4, 0.5) is 4.79 Å². The van der Waals surface area contributed by atoms with Crippen LogP contribution in [0.2, 0.25) is 0 Å². The Bertz CT molecular complexity index is 276. The van der Waals surface area contributed by atoms with Gasteiger partial charge in [-0.2, -0.15) is 0 Å². The molecular weight excluding hydrogens is 228 g/mol. The van der Waals surface area contributed by atoms with Crippen LogP contribution >= 0.6 is 0 Å². The van der Waals surface area contributed by atoms with Crippen molar-refractivity contribution >= 4 is 6.09 Å². The summed E-state index contributed by atoms with van der Waals surface area (Å²) in [6.45, 7) is 12.7. The fourth-order valence-corrected chi connectivity index (χ4v) is 2.11. The average Bonchev–Trinajstić information content (AvgIpc) is 2.25. The summed E-state index contributed by atoms with van der Waals surface area (Å²) in [5, 5.41) is 3.58. The molecule has 1 amide bonds. The SMILES string of the molecule is CCCNC1(C)CCN(C(=O)OC(C)(C)C)CC1. The van der Waals surface area contributed by atoms with Gasteiger partial charge in [0.25, 0.3) is 0 Å². The van der Waals surface area contributed by atoms with Gasteiger partial charge in [-0.3, -0.25) is 0 Å². The quantitative estimate of drug-likeness (QED) is 0.844. The molecule has 1 saturated heterocycles. The molecule has 0 radical (unpaired) electrons. The fraction of sp³-hybridized carbons (Fsp3) is 0.929. The lowest BCUT2D eigenvalue weighted by Gasteiger charge is -2.40. The Morgan fingerprint density at radius 1 is 1.33 bits per heavy atom. The zero-order chi connectivity index (χ0) is 13.8. The van der Waals surface area contributed by atoms with Crippen molar-refractivity contribution in [2.45, 2.75) is 65.0 Å². The predicted molar refractivity (Wildman–Crippen MR) is 73.7 cm³/mol. The highest BCUT2D eigenvalue weighted by atomic mass is 16.6. The van der Waals surface area contributed by atoms with Crippen molar-refractivity contribution in [3.05, 3.63) is 0 Å². The minimum Gasteiger partial charge on any atom is -0.444 e. The van der Waals surface area contributed by atoms with Gasteiger partial charge in [-0.1, -0.05) is 6.92 Å². The summed E-state index contributed by atoms with van der Waals surface area (Å²) in [6.07, 6.45) is 2.95. The molecule has 4 heteroatoms. The Balaban J connectivity index is 2.41. The number of ether oxygens (including phenoxy) is 1. The van der Waals surface area contributed by atoms with Crippen LogP contribution in [0, 0.1) is 0 Å². The predicted octanol–water partition coefficient (Wildman–Crippen LogP) is 2.78. The van der Waals surface area contributed by atoms with E-state index >= 15 is 0 Å². The maximum Gasteiger partial charge on any atom is 0.410 e. The Labute approximate surface area is 111 Å². The first-order chi connectivity index (χ1) is 8.26. The molecule has 0 aromatic rings. The number of hydrogen-bond acceptors (Lipinski definition) is 3. The van der Waals surface area contributed by atoms with E-state index in [0.29, 0.717) is 0 Å². The summed E-state index contributed by atoms with van der Waals surface area (Å²) in [6, 6.07) is 0. The zero-order valence-electron chi connectivity index (χ0n) is 12.5. The third-order valence-electron chi connectivity index (χ3n) is 3.32. The number of nitrogens with one attached hydrogen (secondary N) is 1. The third kappa shape index (κ3) is 4.84. The molecule has 1 aliphatic heterocycles. The zero-order valence-corrected chi connectivity index (χ0v) is 12.5. The molecule has 0 unspecified atom stereocenters. The van der Waals surface area contributed by atoms with Crippen LogP contribution in [0.3, 0.4) is 0 Å². The highest BCUT2D eigenvalue weighted by molar-refractivity contribution is 5.68. The number of nitrogens with zero attached hydrogens (tertiary/aromatic N) is 1. The summed E-state index contributed by atoms with van der Waals surface area (Å²) in [5.41, 5.74) is -0.229. The van der Waals surface area contributed by atoms with Crippen LogP contribution < -0.4 is 5.32 Å². The number of piperidine rings is 1. The molecule has 0 aromatic carbocycles. The van der Waals surface area contributed by atoms with Crippen molar-refractivity contribution in [2.75, 3.05) is 19.6 Å². The maximum atomic E-state index is 11.9. The second kappa shape index (κ2) is 5.91. The van der Waals surface area contributed by atoms with Gasteiger partial charge in [0.15, 0.2) is 0 Å². The van der Waals surface area contributed by atoms with Crippen molar-refractivity contribution in [2.24, 2.45) is 0 Å². The van der Waals surface area contributed by atoms with E-state index in [0.717, 1.165) is 38.9 Å². The molecule has 106 valence electrons. The fourth-order valence-electron chi connectivity index (χ4n) is 2.11. The van der Waals surface area contributed by atoms with Gasteiger partial charge in [0.1, 0.15) is 5.60 Å². The normalized spacial score (nSPS) is 19.7. The monoisotopic (exact) mass is 256 g/mol. The van der Waals surface area contributed by atoms with Gasteiger partial charge in [-0.25, -0.2) is 4.79 Å². The van der Waals surface area contributed by atoms with Gasteiger partial charge >= 0.3 is 6.09 Å². The lowest BCUT2D eigenvalue weighted by Crippen LogP contribution is -2.53. The van der Waals surface area contributed by atoms with Gasteiger partial charge in [0.05, 0.1) is 0 Å². The van der Waals surface area contributed by atoms with Crippen LogP contribution in [0.1, 0.15) is 53.9 Å². The van der Waals surface area contributed by atoms with E-state index in [4.69, 9.17) is 4.74 Å². The highest BCUT2D eigenvalue weighted by Gasteiger charge is 2.32. The number of amides is 1. The molecule has 1 aliphatic rings. The summed E-state index contributed by atoms with van der Waals surface area (Å²) in [5.74, 6) is 0. The molecule has 0 atom stereocenters. The van der Waals surface area contributed by atoms with Crippen molar-refractivity contribution in [1.82, 2.24) is 10.2 Å². The lowest BCUT2D eigenvalue weighted by atomic mass is 9.89. The van der Waals surface area contributed by atoms with E-state index in [1.165, 1.54) is 0 Å². The molecule has 1 fully saturated rings. The van der Waals surface area contributed by atoms with Gasteiger partial charge in [0, 0.05) is 18.6 Å². The molecule has 4 nitrogen and oxygen atoms in total. The minimum absolute atomic E-state index is 0.175. The molecule has 0 bridgehead atoms. The second-order valence-corrected chi connectivity index (χ2v) is 6.45. The Hall–Kier alpha value is -0.770. The lowest BCUT2D eigenvalue weighted by molar-refractivity contribution is 0.0158. The summed E-state index contributed by atoms with van der Waals surface area (Å²) >= 11 is 0. The number of rotatable bonds is 3. The minimum atomic E-state index is -0.404. The first-order valence-corrected chi connectivity index (χ1v) is 6.99. The third-order valence-corrected chi connectivity index (χ3v) is 3.32. The van der Waals surface area contributed by atoms with Crippen LogP contribution in [0.15, 0.2) is 0 Å². The molecule has 1 heterocycles. The smallest absolute Gasteiger partial charge is 0.410 e. The van der Waals surface area contributed by atoms with Gasteiger partial charge in [0.2, 0.25) is 0 Å². The van der Waals surface area contributed by atoms with Crippen molar-refractivity contribution < 1.29 is 9.53 Å². The average molecular weight is 256 g/mol.